The van der Waals surface area contributed by atoms with Crippen molar-refractivity contribution in [3.05, 3.63) is 64.6 Å². The van der Waals surface area contributed by atoms with Crippen molar-refractivity contribution in [1.29, 1.82) is 0 Å². The van der Waals surface area contributed by atoms with Crippen molar-refractivity contribution in [2.45, 2.75) is 26.3 Å². The van der Waals surface area contributed by atoms with Gasteiger partial charge in [0.1, 0.15) is 6.54 Å². The molecule has 6 nitrogen and oxygen atoms in total. The molecule has 1 aromatic heterocycles. The summed E-state index contributed by atoms with van der Waals surface area (Å²) >= 11 is 0. The second kappa shape index (κ2) is 7.23. The molecular weight excluding hydrogens is 340 g/mol. The first-order valence-corrected chi connectivity index (χ1v) is 9.22. The summed E-state index contributed by atoms with van der Waals surface area (Å²) < 4.78 is 1.20. The molecular formula is C21H22N4O2. The van der Waals surface area contributed by atoms with Crippen LogP contribution in [0.2, 0.25) is 0 Å². The van der Waals surface area contributed by atoms with E-state index in [1.807, 2.05) is 24.3 Å². The van der Waals surface area contributed by atoms with Crippen molar-refractivity contribution >= 4 is 28.1 Å². The minimum absolute atomic E-state index is 0.114. The highest BCUT2D eigenvalue weighted by Crippen LogP contribution is 2.26. The van der Waals surface area contributed by atoms with E-state index in [2.05, 4.69) is 28.3 Å². The summed E-state index contributed by atoms with van der Waals surface area (Å²) in [6.07, 6.45) is 4.07. The molecule has 6 heteroatoms. The van der Waals surface area contributed by atoms with Crippen molar-refractivity contribution in [2.24, 2.45) is 0 Å². The molecule has 0 unspecified atom stereocenters. The third-order valence-corrected chi connectivity index (χ3v) is 4.98. The number of aryl methyl sites for hydroxylation is 1. The maximum absolute atomic E-state index is 12.5. The van der Waals surface area contributed by atoms with Crippen molar-refractivity contribution in [3.63, 3.8) is 0 Å². The normalized spacial score (nSPS) is 13.9. The molecule has 0 aliphatic carbocycles. The first kappa shape index (κ1) is 17.3. The van der Waals surface area contributed by atoms with Gasteiger partial charge in [-0.15, -0.1) is 0 Å². The van der Waals surface area contributed by atoms with E-state index in [0.29, 0.717) is 5.39 Å². The lowest BCUT2D eigenvalue weighted by molar-refractivity contribution is -0.117. The summed E-state index contributed by atoms with van der Waals surface area (Å²) in [5, 5.41) is 8.31. The summed E-state index contributed by atoms with van der Waals surface area (Å²) in [5.41, 5.74) is 2.83. The zero-order chi connectivity index (χ0) is 18.8. The van der Waals surface area contributed by atoms with E-state index < -0.39 is 0 Å². The molecule has 0 saturated carbocycles. The molecule has 2 aromatic carbocycles. The minimum Gasteiger partial charge on any atom is -0.371 e. The van der Waals surface area contributed by atoms with Crippen LogP contribution in [0.15, 0.2) is 53.5 Å². The molecule has 1 aliphatic rings. The summed E-state index contributed by atoms with van der Waals surface area (Å²) in [7, 11) is 0. The molecule has 4 rings (SSSR count). The Kier molecular flexibility index (Phi) is 4.62. The largest absolute Gasteiger partial charge is 0.371 e. The number of carbonyl (C=O) groups is 1. The molecule has 1 saturated heterocycles. The van der Waals surface area contributed by atoms with Gasteiger partial charge in [0.2, 0.25) is 5.91 Å². The van der Waals surface area contributed by atoms with Crippen LogP contribution in [-0.4, -0.2) is 28.8 Å². The number of nitrogens with one attached hydrogen (secondary N) is 1. The average molecular weight is 362 g/mol. The number of anilines is 2. The number of hydrogen-bond acceptors (Lipinski definition) is 4. The smallest absolute Gasteiger partial charge is 0.275 e. The third kappa shape index (κ3) is 3.56. The summed E-state index contributed by atoms with van der Waals surface area (Å²) in [4.78, 5) is 27.3. The number of amides is 1. The molecule has 1 N–H and O–H groups in total. The van der Waals surface area contributed by atoms with Crippen LogP contribution in [0.3, 0.4) is 0 Å². The van der Waals surface area contributed by atoms with Crippen LogP contribution in [-0.2, 0) is 11.3 Å². The maximum Gasteiger partial charge on any atom is 0.275 e. The minimum atomic E-state index is -0.270. The van der Waals surface area contributed by atoms with E-state index in [1.165, 1.54) is 23.2 Å². The van der Waals surface area contributed by atoms with Crippen molar-refractivity contribution in [3.8, 4) is 0 Å². The van der Waals surface area contributed by atoms with Crippen LogP contribution in [0.25, 0.3) is 10.8 Å². The number of hydrogen-bond donors (Lipinski definition) is 1. The first-order valence-electron chi connectivity index (χ1n) is 9.22. The molecule has 1 fully saturated rings. The molecule has 0 bridgehead atoms. The van der Waals surface area contributed by atoms with Gasteiger partial charge in [0.05, 0.1) is 11.6 Å². The molecule has 27 heavy (non-hydrogen) atoms. The lowest BCUT2D eigenvalue weighted by Gasteiger charge is -2.20. The molecule has 0 spiro atoms. The molecule has 1 aliphatic heterocycles. The van der Waals surface area contributed by atoms with Gasteiger partial charge in [-0.2, -0.15) is 5.10 Å². The number of carbonyl (C=O) groups excluding carboxylic acids is 1. The van der Waals surface area contributed by atoms with Crippen LogP contribution in [0.4, 0.5) is 11.4 Å². The fourth-order valence-electron chi connectivity index (χ4n) is 3.62. The van der Waals surface area contributed by atoms with Crippen molar-refractivity contribution < 1.29 is 4.79 Å². The average Bonchev–Trinajstić information content (AvgIpc) is 3.19. The van der Waals surface area contributed by atoms with E-state index in [1.54, 1.807) is 18.3 Å². The summed E-state index contributed by atoms with van der Waals surface area (Å²) in [6.45, 7) is 4.11. The van der Waals surface area contributed by atoms with Crippen LogP contribution in [0, 0.1) is 6.92 Å². The van der Waals surface area contributed by atoms with Gasteiger partial charge in [-0.3, -0.25) is 9.59 Å². The van der Waals surface area contributed by atoms with Crippen LogP contribution >= 0.6 is 0 Å². The van der Waals surface area contributed by atoms with E-state index >= 15 is 0 Å². The Morgan fingerprint density at radius 3 is 2.70 bits per heavy atom. The second-order valence-electron chi connectivity index (χ2n) is 6.94. The van der Waals surface area contributed by atoms with Gasteiger partial charge in [0.25, 0.3) is 5.56 Å². The summed E-state index contributed by atoms with van der Waals surface area (Å²) in [6, 6.07) is 13.2. The van der Waals surface area contributed by atoms with Crippen LogP contribution in [0.5, 0.6) is 0 Å². The fraction of sp³-hybridized carbons (Fsp3) is 0.286. The zero-order valence-corrected chi connectivity index (χ0v) is 15.3. The number of rotatable bonds is 4. The van der Waals surface area contributed by atoms with Gasteiger partial charge in [0.15, 0.2) is 0 Å². The van der Waals surface area contributed by atoms with Gasteiger partial charge in [0, 0.05) is 29.9 Å². The molecule has 3 aromatic rings. The number of benzene rings is 2. The third-order valence-electron chi connectivity index (χ3n) is 4.98. The van der Waals surface area contributed by atoms with E-state index in [-0.39, 0.29) is 18.0 Å². The van der Waals surface area contributed by atoms with Gasteiger partial charge < -0.3 is 10.2 Å². The number of nitrogens with zero attached hydrogens (tertiary/aromatic N) is 3. The Morgan fingerprint density at radius 1 is 1.15 bits per heavy atom. The highest BCUT2D eigenvalue weighted by atomic mass is 16.2. The Morgan fingerprint density at radius 2 is 1.93 bits per heavy atom. The fourth-order valence-corrected chi connectivity index (χ4v) is 3.62. The lowest BCUT2D eigenvalue weighted by Crippen LogP contribution is -2.29. The molecule has 0 atom stereocenters. The highest BCUT2D eigenvalue weighted by Gasteiger charge is 2.15. The van der Waals surface area contributed by atoms with Crippen molar-refractivity contribution in [2.75, 3.05) is 23.3 Å². The molecule has 1 amide bonds. The first-order chi connectivity index (χ1) is 13.1. The van der Waals surface area contributed by atoms with Gasteiger partial charge in [-0.1, -0.05) is 18.2 Å². The van der Waals surface area contributed by atoms with Gasteiger partial charge in [-0.05, 0) is 49.6 Å². The standard InChI is InChI=1S/C21H22N4O2/c1-15-12-17(8-9-19(15)24-10-4-5-11-24)23-20(26)14-25-21(27)18-7-3-2-6-16(18)13-22-25/h2-3,6-9,12-13H,4-5,10-11,14H2,1H3,(H,23,26). The van der Waals surface area contributed by atoms with E-state index in [0.717, 1.165) is 29.7 Å². The van der Waals surface area contributed by atoms with Crippen molar-refractivity contribution in [1.82, 2.24) is 9.78 Å². The molecule has 2 heterocycles. The number of aromatic nitrogens is 2. The predicted molar refractivity (Wildman–Crippen MR) is 107 cm³/mol. The van der Waals surface area contributed by atoms with E-state index in [9.17, 15) is 9.59 Å². The van der Waals surface area contributed by atoms with E-state index in [4.69, 9.17) is 0 Å². The summed E-state index contributed by atoms with van der Waals surface area (Å²) in [5.74, 6) is -0.270. The molecule has 0 radical (unpaired) electrons. The lowest BCUT2D eigenvalue weighted by atomic mass is 10.1. The predicted octanol–water partition coefficient (Wildman–Crippen LogP) is 2.94. The maximum atomic E-state index is 12.5. The Hall–Kier alpha value is -3.15. The monoisotopic (exact) mass is 362 g/mol. The van der Waals surface area contributed by atoms with Crippen LogP contribution < -0.4 is 15.8 Å². The molecule has 138 valence electrons. The Labute approximate surface area is 157 Å². The van der Waals surface area contributed by atoms with Gasteiger partial charge in [-0.25, -0.2) is 4.68 Å². The SMILES string of the molecule is Cc1cc(NC(=O)Cn2ncc3ccccc3c2=O)ccc1N1CCCC1. The topological polar surface area (TPSA) is 67.2 Å². The van der Waals surface area contributed by atoms with Crippen LogP contribution in [0.1, 0.15) is 18.4 Å². The second-order valence-corrected chi connectivity index (χ2v) is 6.94. The zero-order valence-electron chi connectivity index (χ0n) is 15.3. The Balaban J connectivity index is 1.49. The highest BCUT2D eigenvalue weighted by molar-refractivity contribution is 5.91. The number of fused-ring (bicyclic) bond motifs is 1. The Bertz CT molecular complexity index is 1050. The quantitative estimate of drug-likeness (QED) is 0.775. The van der Waals surface area contributed by atoms with Gasteiger partial charge >= 0.3 is 0 Å².